The maximum atomic E-state index is 4.65. The molecule has 3 aromatic carbocycles. The molecule has 5 aromatic rings. The van der Waals surface area contributed by atoms with Crippen molar-refractivity contribution in [3.05, 3.63) is 104 Å². The summed E-state index contributed by atoms with van der Waals surface area (Å²) in [4.78, 5) is 9.15. The van der Waals surface area contributed by atoms with Crippen molar-refractivity contribution in [2.45, 2.75) is 13.1 Å². The van der Waals surface area contributed by atoms with Crippen LogP contribution in [0.15, 0.2) is 104 Å². The van der Waals surface area contributed by atoms with Gasteiger partial charge in [0.15, 0.2) is 0 Å². The standard InChI is InChI=1S/C29H28N4Si/c1-31-17-18-32(21-31)22-9-8-10-23(19-22)34(2,3)24-14-15-28-26(20-24)25-11-4-5-12-27(25)33(28)29-13-6-7-16-30-29/h4-20H,21H2,1-3H3. The first-order chi connectivity index (χ1) is 16.5. The van der Waals surface area contributed by atoms with E-state index < -0.39 is 8.07 Å². The summed E-state index contributed by atoms with van der Waals surface area (Å²) in [5.41, 5.74) is 3.65. The van der Waals surface area contributed by atoms with E-state index in [9.17, 15) is 0 Å². The second-order valence-electron chi connectivity index (χ2n) is 9.61. The second-order valence-corrected chi connectivity index (χ2v) is 14.0. The number of hydrogen-bond acceptors (Lipinski definition) is 3. The Morgan fingerprint density at radius 3 is 2.32 bits per heavy atom. The van der Waals surface area contributed by atoms with Crippen LogP contribution in [0.25, 0.3) is 27.6 Å². The lowest BCUT2D eigenvalue weighted by molar-refractivity contribution is 0.496. The van der Waals surface area contributed by atoms with E-state index >= 15 is 0 Å². The minimum atomic E-state index is -1.92. The summed E-state index contributed by atoms with van der Waals surface area (Å²) in [7, 11) is 0.188. The largest absolute Gasteiger partial charge is 0.361 e. The molecule has 34 heavy (non-hydrogen) atoms. The molecule has 168 valence electrons. The Morgan fingerprint density at radius 1 is 0.735 bits per heavy atom. The first-order valence-corrected chi connectivity index (χ1v) is 14.7. The summed E-state index contributed by atoms with van der Waals surface area (Å²) in [6.07, 6.45) is 6.15. The Bertz CT molecular complexity index is 1530. The van der Waals surface area contributed by atoms with E-state index in [1.54, 1.807) is 0 Å². The number of fused-ring (bicyclic) bond motifs is 3. The van der Waals surface area contributed by atoms with Gasteiger partial charge >= 0.3 is 0 Å². The van der Waals surface area contributed by atoms with Gasteiger partial charge in [-0.1, -0.05) is 72.0 Å². The van der Waals surface area contributed by atoms with Gasteiger partial charge in [0.05, 0.1) is 17.7 Å². The summed E-state index contributed by atoms with van der Waals surface area (Å²) in [5.74, 6) is 0.953. The Morgan fingerprint density at radius 2 is 1.53 bits per heavy atom. The van der Waals surface area contributed by atoms with Crippen LogP contribution in [0.4, 0.5) is 5.69 Å². The molecule has 1 aliphatic rings. The zero-order valence-electron chi connectivity index (χ0n) is 19.8. The highest BCUT2D eigenvalue weighted by molar-refractivity contribution is 7.00. The van der Waals surface area contributed by atoms with Gasteiger partial charge < -0.3 is 9.80 Å². The second kappa shape index (κ2) is 7.89. The van der Waals surface area contributed by atoms with Gasteiger partial charge in [-0.05, 0) is 36.4 Å². The molecule has 0 atom stereocenters. The van der Waals surface area contributed by atoms with Crippen molar-refractivity contribution >= 4 is 45.9 Å². The van der Waals surface area contributed by atoms with Crippen molar-refractivity contribution in [2.24, 2.45) is 0 Å². The molecule has 2 aromatic heterocycles. The number of rotatable bonds is 4. The smallest absolute Gasteiger partial charge is 0.137 e. The molecule has 0 unspecified atom stereocenters. The molecule has 0 N–H and O–H groups in total. The fourth-order valence-corrected chi connectivity index (χ4v) is 7.39. The maximum Gasteiger partial charge on any atom is 0.137 e. The summed E-state index contributed by atoms with van der Waals surface area (Å²) in [6, 6.07) is 30.9. The van der Waals surface area contributed by atoms with Crippen molar-refractivity contribution in [3.63, 3.8) is 0 Å². The van der Waals surface area contributed by atoms with Gasteiger partial charge in [0.2, 0.25) is 0 Å². The topological polar surface area (TPSA) is 24.3 Å². The normalized spacial score (nSPS) is 14.0. The number of anilines is 1. The van der Waals surface area contributed by atoms with Crippen LogP contribution in [0.1, 0.15) is 0 Å². The van der Waals surface area contributed by atoms with Gasteiger partial charge in [0.1, 0.15) is 13.9 Å². The number of benzene rings is 3. The van der Waals surface area contributed by atoms with Crippen molar-refractivity contribution in [1.82, 2.24) is 14.5 Å². The number of hydrogen-bond donors (Lipinski definition) is 0. The molecule has 4 nitrogen and oxygen atoms in total. The molecule has 0 bridgehead atoms. The number of nitrogens with zero attached hydrogens (tertiary/aromatic N) is 4. The van der Waals surface area contributed by atoms with Crippen LogP contribution in [-0.2, 0) is 0 Å². The highest BCUT2D eigenvalue weighted by atomic mass is 28.3. The molecule has 1 aliphatic heterocycles. The zero-order valence-corrected chi connectivity index (χ0v) is 20.8. The third-order valence-electron chi connectivity index (χ3n) is 7.05. The van der Waals surface area contributed by atoms with E-state index in [0.717, 1.165) is 12.5 Å². The zero-order chi connectivity index (χ0) is 23.3. The average Bonchev–Trinajstić information content (AvgIpc) is 3.45. The predicted octanol–water partition coefficient (Wildman–Crippen LogP) is 5.18. The van der Waals surface area contributed by atoms with Crippen LogP contribution >= 0.6 is 0 Å². The van der Waals surface area contributed by atoms with Crippen LogP contribution in [-0.4, -0.2) is 36.2 Å². The van der Waals surface area contributed by atoms with Crippen LogP contribution in [0.2, 0.25) is 13.1 Å². The molecule has 5 heteroatoms. The van der Waals surface area contributed by atoms with Gasteiger partial charge in [-0.25, -0.2) is 4.98 Å². The Kier molecular flexibility index (Phi) is 4.81. The lowest BCUT2D eigenvalue weighted by Gasteiger charge is -2.26. The Hall–Kier alpha value is -3.83. The highest BCUT2D eigenvalue weighted by Gasteiger charge is 2.28. The monoisotopic (exact) mass is 460 g/mol. The van der Waals surface area contributed by atoms with Crippen molar-refractivity contribution in [1.29, 1.82) is 0 Å². The minimum Gasteiger partial charge on any atom is -0.361 e. The van der Waals surface area contributed by atoms with Gasteiger partial charge in [0, 0.05) is 42.1 Å². The Balaban J connectivity index is 1.49. The summed E-state index contributed by atoms with van der Waals surface area (Å²) in [5, 5.41) is 5.45. The van der Waals surface area contributed by atoms with Crippen LogP contribution < -0.4 is 15.3 Å². The first kappa shape index (κ1) is 20.8. The lowest BCUT2D eigenvalue weighted by Crippen LogP contribution is -2.52. The molecular weight excluding hydrogens is 432 g/mol. The van der Waals surface area contributed by atoms with Crippen molar-refractivity contribution in [2.75, 3.05) is 18.6 Å². The van der Waals surface area contributed by atoms with Gasteiger partial charge in [-0.3, -0.25) is 4.57 Å². The van der Waals surface area contributed by atoms with Crippen LogP contribution in [0.3, 0.4) is 0 Å². The number of para-hydroxylation sites is 1. The van der Waals surface area contributed by atoms with E-state index in [4.69, 9.17) is 0 Å². The SMILES string of the molecule is CN1C=CN(c2cccc([Si](C)(C)c3ccc4c(c3)c3ccccc3n4-c3ccccn3)c2)C1. The molecule has 3 heterocycles. The molecule has 0 aliphatic carbocycles. The van der Waals surface area contributed by atoms with Gasteiger partial charge in [-0.2, -0.15) is 0 Å². The number of aromatic nitrogens is 2. The lowest BCUT2D eigenvalue weighted by atomic mass is 10.1. The van der Waals surface area contributed by atoms with Gasteiger partial charge in [-0.15, -0.1) is 0 Å². The highest BCUT2D eigenvalue weighted by Crippen LogP contribution is 2.31. The molecule has 0 fully saturated rings. The molecule has 0 radical (unpaired) electrons. The summed E-state index contributed by atoms with van der Waals surface area (Å²) in [6.45, 7) is 5.80. The fraction of sp³-hybridized carbons (Fsp3) is 0.138. The van der Waals surface area contributed by atoms with Gasteiger partial charge in [0.25, 0.3) is 0 Å². The molecule has 6 rings (SSSR count). The van der Waals surface area contributed by atoms with Crippen LogP contribution in [0.5, 0.6) is 0 Å². The quantitative estimate of drug-likeness (QED) is 0.345. The summed E-state index contributed by atoms with van der Waals surface area (Å²) >= 11 is 0. The third kappa shape index (κ3) is 3.32. The molecule has 0 saturated carbocycles. The third-order valence-corrected chi connectivity index (χ3v) is 10.6. The number of pyridine rings is 1. The van der Waals surface area contributed by atoms with E-state index in [1.165, 1.54) is 37.9 Å². The molecular formula is C29H28N4Si. The van der Waals surface area contributed by atoms with Crippen LogP contribution in [0, 0.1) is 0 Å². The molecule has 0 amide bonds. The minimum absolute atomic E-state index is 0.893. The molecule has 0 spiro atoms. The Labute approximate surface area is 201 Å². The van der Waals surface area contributed by atoms with Crippen molar-refractivity contribution < 1.29 is 0 Å². The van der Waals surface area contributed by atoms with E-state index in [-0.39, 0.29) is 0 Å². The predicted molar refractivity (Wildman–Crippen MR) is 146 cm³/mol. The van der Waals surface area contributed by atoms with E-state index in [0.29, 0.717) is 0 Å². The average molecular weight is 461 g/mol. The van der Waals surface area contributed by atoms with Crippen molar-refractivity contribution in [3.8, 4) is 5.82 Å². The fourth-order valence-electron chi connectivity index (χ4n) is 5.03. The molecule has 0 saturated heterocycles. The van der Waals surface area contributed by atoms with E-state index in [1.807, 2.05) is 18.3 Å². The first-order valence-electron chi connectivity index (χ1n) is 11.7. The summed E-state index contributed by atoms with van der Waals surface area (Å²) < 4.78 is 2.28. The maximum absolute atomic E-state index is 4.65. The van der Waals surface area contributed by atoms with E-state index in [2.05, 4.69) is 125 Å².